The van der Waals surface area contributed by atoms with Crippen LogP contribution in [-0.4, -0.2) is 9.13 Å². The molecule has 0 amide bonds. The molecule has 26 aromatic rings. The molecule has 0 radical (unpaired) electrons. The van der Waals surface area contributed by atoms with Gasteiger partial charge in [-0.15, -0.1) is 0 Å². The van der Waals surface area contributed by atoms with E-state index in [-0.39, 0.29) is 5.41 Å². The van der Waals surface area contributed by atoms with Crippen LogP contribution in [-0.2, 0) is 10.8 Å². The highest BCUT2D eigenvalue weighted by Gasteiger charge is 2.48. The maximum atomic E-state index is 3.57. The molecule has 0 spiro atoms. The number of halogens is 1. The summed E-state index contributed by atoms with van der Waals surface area (Å²) in [5.74, 6) is 0. The Morgan fingerprint density at radius 2 is 0.510 bits per heavy atom. The number of nitrogens with one attached hydrogen (secondary N) is 1. The van der Waals surface area contributed by atoms with Gasteiger partial charge < -0.3 is 19.4 Å². The summed E-state index contributed by atoms with van der Waals surface area (Å²) in [5.41, 5.74) is 36.9. The topological polar surface area (TPSA) is 25.1 Å². The van der Waals surface area contributed by atoms with Gasteiger partial charge in [-0.05, 0) is 265 Å². The van der Waals surface area contributed by atoms with Gasteiger partial charge in [0.15, 0.2) is 0 Å². The molecule has 0 bridgehead atoms. The molecule has 24 aromatic carbocycles. The van der Waals surface area contributed by atoms with Crippen LogP contribution in [0.2, 0.25) is 0 Å². The fourth-order valence-electron chi connectivity index (χ4n) is 23.4. The number of anilines is 5. The minimum Gasteiger partial charge on any atom is -0.356 e. The molecular weight excluding hydrogens is 1790 g/mol. The number of nitrogens with zero attached hydrogens (tertiary/aromatic N) is 3. The third-order valence-corrected chi connectivity index (χ3v) is 30.1. The first kappa shape index (κ1) is 85.4. The van der Waals surface area contributed by atoms with Crippen molar-refractivity contribution in [3.63, 3.8) is 0 Å². The van der Waals surface area contributed by atoms with Crippen LogP contribution in [0.15, 0.2) is 563 Å². The van der Waals surface area contributed by atoms with Gasteiger partial charge in [-0.2, -0.15) is 0 Å². The largest absolute Gasteiger partial charge is 0.356 e. The van der Waals surface area contributed by atoms with Crippen LogP contribution < -0.4 is 10.2 Å². The second-order valence-corrected chi connectivity index (χ2v) is 38.3. The molecule has 0 atom stereocenters. The van der Waals surface area contributed by atoms with E-state index in [1.54, 1.807) is 0 Å². The maximum absolute atomic E-state index is 3.57. The smallest absolute Gasteiger partial charge is 0.0714 e. The van der Waals surface area contributed by atoms with Crippen molar-refractivity contribution in [2.45, 2.75) is 10.8 Å². The van der Waals surface area contributed by atoms with Crippen LogP contribution >= 0.6 is 15.9 Å². The van der Waals surface area contributed by atoms with E-state index in [1.807, 2.05) is 6.07 Å². The minimum absolute atomic E-state index is 0.334. The van der Waals surface area contributed by atoms with Crippen LogP contribution in [0.4, 0.5) is 28.4 Å². The molecule has 672 valence electrons. The number of aromatic nitrogens is 2. The number of benzene rings is 24. The Morgan fingerprint density at radius 3 is 0.965 bits per heavy atom. The molecule has 2 aliphatic rings. The zero-order valence-corrected chi connectivity index (χ0v) is 79.9. The fourth-order valence-corrected chi connectivity index (χ4v) is 23.7. The molecule has 0 saturated carbocycles. The lowest BCUT2D eigenvalue weighted by molar-refractivity contribution is 0.768. The molecule has 0 unspecified atom stereocenters. The Kier molecular flexibility index (Phi) is 21.6. The molecule has 0 aliphatic heterocycles. The molecule has 2 aromatic heterocycles. The van der Waals surface area contributed by atoms with Crippen molar-refractivity contribution < 1.29 is 0 Å². The number of rotatable bonds is 15. The predicted molar refractivity (Wildman–Crippen MR) is 606 cm³/mol. The minimum atomic E-state index is -0.493. The van der Waals surface area contributed by atoms with Gasteiger partial charge in [0.2, 0.25) is 0 Å². The zero-order valence-electron chi connectivity index (χ0n) is 78.3. The Balaban J connectivity index is 0.000000122. The first-order chi connectivity index (χ1) is 70.9. The lowest BCUT2D eigenvalue weighted by atomic mass is 9.67. The van der Waals surface area contributed by atoms with Crippen molar-refractivity contribution in [2.24, 2.45) is 0 Å². The standard InChI is InChI=1S/C69H46N2.C38H24BrN.C31H23N/c1-5-22-51(23-6-1)69(52-24-7-2-8-25-52)64-35-18-17-32-59(64)60-43-41-56(46-65(60)69)70(53-26-9-3-10-27-53)55-39-36-47(37-40-55)48-20-19-21-49(44-48)50-38-42-63-66(45-50)71(54-28-11-4-12-29-54)68-62-34-16-14-31-58(62)57-30-13-15-33-61(57)67(63)68;39-29-20-17-25(18-21-29)26-9-8-10-27(23-26)28-19-22-35-36(24-28)40(30-11-2-1-3-12-30)38-34-16-7-5-14-32(34)31-13-4-6-15-33(31)37(35)38;1-4-12-23(13-5-1)31(24-14-6-2-7-15-24)29-19-11-10-18-27(29)28-22-26(20-21-30(28)31)32-25-16-8-3-9-17-25/h1-46H;1-24H;1-22,32H. The van der Waals surface area contributed by atoms with E-state index in [2.05, 4.69) is 587 Å². The van der Waals surface area contributed by atoms with Gasteiger partial charge in [0, 0.05) is 76.6 Å². The molecule has 1 N–H and O–H groups in total. The molecular formula is C138H93BrN4. The SMILES string of the molecule is Brc1ccc(-c2cccc(-c3ccc4c5c6ccccc6c6ccccc6c5n(-c5ccccc5)c4c3)c2)cc1.c1ccc(N(c2ccc(-c3cccc(-c4ccc5c6c7ccccc7c7ccccc7c6n(-c6ccccc6)c5c4)c3)cc2)c2ccc3c(c2)C(c2ccccc2)(c2ccccc2)c2ccccc2-3)cc1.c1ccc(Nc2ccc3c(c2)-c2ccccc2C3(c2ccccc2)c2ccccc2)cc1. The van der Waals surface area contributed by atoms with E-state index in [0.29, 0.717) is 0 Å². The third-order valence-electron chi connectivity index (χ3n) is 29.6. The summed E-state index contributed by atoms with van der Waals surface area (Å²) in [4.78, 5) is 2.40. The van der Waals surface area contributed by atoms with Crippen LogP contribution in [0, 0.1) is 0 Å². The predicted octanol–water partition coefficient (Wildman–Crippen LogP) is 37.2. The molecule has 2 aliphatic carbocycles. The first-order valence-corrected chi connectivity index (χ1v) is 50.0. The van der Waals surface area contributed by atoms with Gasteiger partial charge in [0.05, 0.1) is 32.9 Å². The van der Waals surface area contributed by atoms with Crippen LogP contribution in [0.25, 0.3) is 165 Å². The van der Waals surface area contributed by atoms with Gasteiger partial charge >= 0.3 is 0 Å². The van der Waals surface area contributed by atoms with Gasteiger partial charge in [-0.1, -0.05) is 453 Å². The van der Waals surface area contributed by atoms with E-state index >= 15 is 0 Å². The zero-order chi connectivity index (χ0) is 94.9. The number of para-hydroxylation sites is 4. The molecule has 0 fully saturated rings. The van der Waals surface area contributed by atoms with E-state index in [9.17, 15) is 0 Å². The highest BCUT2D eigenvalue weighted by molar-refractivity contribution is 9.10. The monoisotopic (exact) mass is 1880 g/mol. The summed E-state index contributed by atoms with van der Waals surface area (Å²) in [6, 6.07) is 203. The number of hydrogen-bond acceptors (Lipinski definition) is 2. The Hall–Kier alpha value is -18.0. The highest BCUT2D eigenvalue weighted by Crippen LogP contribution is 2.60. The Labute approximate surface area is 840 Å². The van der Waals surface area contributed by atoms with Crippen LogP contribution in [0.3, 0.4) is 0 Å². The van der Waals surface area contributed by atoms with Gasteiger partial charge in [0.1, 0.15) is 0 Å². The van der Waals surface area contributed by atoms with E-state index in [4.69, 9.17) is 0 Å². The number of fused-ring (bicyclic) bond motifs is 22. The van der Waals surface area contributed by atoms with Gasteiger partial charge in [-0.3, -0.25) is 0 Å². The summed E-state index contributed by atoms with van der Waals surface area (Å²) >= 11 is 3.56. The van der Waals surface area contributed by atoms with Crippen molar-refractivity contribution in [3.8, 4) is 78.1 Å². The number of hydrogen-bond donors (Lipinski definition) is 1. The van der Waals surface area contributed by atoms with E-state index in [1.165, 1.54) is 198 Å². The average Bonchev–Trinajstić information content (AvgIpc) is 1.53. The molecule has 143 heavy (non-hydrogen) atoms. The van der Waals surface area contributed by atoms with Crippen LogP contribution in [0.1, 0.15) is 44.5 Å². The van der Waals surface area contributed by atoms with E-state index in [0.717, 1.165) is 44.2 Å². The summed E-state index contributed by atoms with van der Waals surface area (Å²) < 4.78 is 6.03. The molecule has 0 saturated heterocycles. The van der Waals surface area contributed by atoms with Gasteiger partial charge in [0.25, 0.3) is 0 Å². The van der Waals surface area contributed by atoms with Crippen molar-refractivity contribution in [3.05, 3.63) is 607 Å². The fraction of sp³-hybridized carbons (Fsp3) is 0.0145. The Bertz CT molecular complexity index is 9250. The van der Waals surface area contributed by atoms with Crippen molar-refractivity contribution in [2.75, 3.05) is 10.2 Å². The molecule has 28 rings (SSSR count). The quantitative estimate of drug-likeness (QED) is 0.104. The average molecular weight is 1890 g/mol. The van der Waals surface area contributed by atoms with Crippen LogP contribution in [0.5, 0.6) is 0 Å². The summed E-state index contributed by atoms with van der Waals surface area (Å²) in [7, 11) is 0. The normalized spacial score (nSPS) is 12.5. The van der Waals surface area contributed by atoms with Crippen molar-refractivity contribution in [1.82, 2.24) is 9.13 Å². The van der Waals surface area contributed by atoms with Crippen molar-refractivity contribution >= 4 is 131 Å². The second kappa shape index (κ2) is 36.1. The maximum Gasteiger partial charge on any atom is 0.0714 e. The second-order valence-electron chi connectivity index (χ2n) is 37.4. The highest BCUT2D eigenvalue weighted by atomic mass is 79.9. The first-order valence-electron chi connectivity index (χ1n) is 49.2. The molecule has 5 heteroatoms. The lowest BCUT2D eigenvalue weighted by Gasteiger charge is -2.35. The summed E-state index contributed by atoms with van der Waals surface area (Å²) in [6.07, 6.45) is 0. The summed E-state index contributed by atoms with van der Waals surface area (Å²) in [5, 5.41) is 18.9. The molecule has 4 nitrogen and oxygen atoms in total. The van der Waals surface area contributed by atoms with E-state index < -0.39 is 5.41 Å². The summed E-state index contributed by atoms with van der Waals surface area (Å²) in [6.45, 7) is 0. The Morgan fingerprint density at radius 1 is 0.189 bits per heavy atom. The third kappa shape index (κ3) is 14.6. The van der Waals surface area contributed by atoms with Crippen molar-refractivity contribution in [1.29, 1.82) is 0 Å². The molecule has 2 heterocycles. The lowest BCUT2D eigenvalue weighted by Crippen LogP contribution is -2.28. The van der Waals surface area contributed by atoms with Gasteiger partial charge in [-0.25, -0.2) is 0 Å².